The normalized spacial score (nSPS) is 11.7. The minimum atomic E-state index is 0.841. The Hall–Kier alpha value is -2.75. The zero-order valence-electron chi connectivity index (χ0n) is 14.3. The lowest BCUT2D eigenvalue weighted by Crippen LogP contribution is -2.39. The second-order valence-corrected chi connectivity index (χ2v) is 5.93. The molecule has 1 heterocycles. The number of aromatic amines is 1. The lowest BCUT2D eigenvalue weighted by atomic mass is 10.1. The van der Waals surface area contributed by atoms with Crippen LogP contribution in [0.15, 0.2) is 65.8 Å². The van der Waals surface area contributed by atoms with Gasteiger partial charge in [0, 0.05) is 44.3 Å². The molecule has 0 spiro atoms. The van der Waals surface area contributed by atoms with E-state index in [1.165, 1.54) is 22.0 Å². The van der Waals surface area contributed by atoms with E-state index < -0.39 is 0 Å². The Morgan fingerprint density at radius 1 is 1.08 bits per heavy atom. The number of hydrogen-bond acceptors (Lipinski definition) is 1. The van der Waals surface area contributed by atoms with Crippen LogP contribution in [-0.4, -0.2) is 36.5 Å². The van der Waals surface area contributed by atoms with E-state index in [2.05, 4.69) is 82.0 Å². The molecular weight excluding hydrogens is 296 g/mol. The minimum absolute atomic E-state index is 0.841. The first-order chi connectivity index (χ1) is 11.8. The molecule has 24 heavy (non-hydrogen) atoms. The number of para-hydroxylation sites is 1. The van der Waals surface area contributed by atoms with Crippen molar-refractivity contribution in [2.45, 2.75) is 13.0 Å². The maximum absolute atomic E-state index is 4.39. The van der Waals surface area contributed by atoms with Gasteiger partial charge in [0.2, 0.25) is 0 Å². The van der Waals surface area contributed by atoms with Gasteiger partial charge in [-0.2, -0.15) is 0 Å². The quantitative estimate of drug-likeness (QED) is 0.559. The fraction of sp³-hybridized carbons (Fsp3) is 0.250. The van der Waals surface area contributed by atoms with Crippen molar-refractivity contribution in [2.75, 3.05) is 20.6 Å². The molecule has 2 aromatic carbocycles. The molecule has 0 saturated heterocycles. The van der Waals surface area contributed by atoms with Crippen LogP contribution in [-0.2, 0) is 13.0 Å². The Morgan fingerprint density at radius 3 is 2.62 bits per heavy atom. The summed E-state index contributed by atoms with van der Waals surface area (Å²) in [6.07, 6.45) is 3.06. The highest BCUT2D eigenvalue weighted by molar-refractivity contribution is 5.83. The van der Waals surface area contributed by atoms with Crippen LogP contribution in [0.2, 0.25) is 0 Å². The Morgan fingerprint density at radius 2 is 1.83 bits per heavy atom. The molecule has 0 unspecified atom stereocenters. The summed E-state index contributed by atoms with van der Waals surface area (Å²) in [5, 5.41) is 4.75. The van der Waals surface area contributed by atoms with Crippen molar-refractivity contribution in [1.82, 2.24) is 15.2 Å². The summed E-state index contributed by atoms with van der Waals surface area (Å²) >= 11 is 0. The number of aromatic nitrogens is 1. The van der Waals surface area contributed by atoms with Gasteiger partial charge in [-0.05, 0) is 23.6 Å². The molecule has 0 saturated carbocycles. The number of aliphatic imine (C=N–C) groups is 1. The van der Waals surface area contributed by atoms with Crippen molar-refractivity contribution < 1.29 is 0 Å². The van der Waals surface area contributed by atoms with Gasteiger partial charge in [-0.25, -0.2) is 0 Å². The van der Waals surface area contributed by atoms with Gasteiger partial charge in [-0.1, -0.05) is 48.5 Å². The van der Waals surface area contributed by atoms with E-state index in [4.69, 9.17) is 0 Å². The number of hydrogen-bond donors (Lipinski definition) is 2. The van der Waals surface area contributed by atoms with E-state index in [0.717, 1.165) is 25.5 Å². The van der Waals surface area contributed by atoms with Crippen molar-refractivity contribution in [3.63, 3.8) is 0 Å². The van der Waals surface area contributed by atoms with Crippen LogP contribution in [0.5, 0.6) is 0 Å². The predicted octanol–water partition coefficient (Wildman–Crippen LogP) is 3.42. The monoisotopic (exact) mass is 320 g/mol. The van der Waals surface area contributed by atoms with Crippen LogP contribution in [0, 0.1) is 0 Å². The highest BCUT2D eigenvalue weighted by Crippen LogP contribution is 2.17. The van der Waals surface area contributed by atoms with Gasteiger partial charge in [0.25, 0.3) is 0 Å². The summed E-state index contributed by atoms with van der Waals surface area (Å²) in [7, 11) is 3.89. The SMILES string of the molecule is CN=C(NCCc1c[nH]c2ccccc12)N(C)Cc1ccccc1. The summed E-state index contributed by atoms with van der Waals surface area (Å²) < 4.78 is 0. The molecule has 0 amide bonds. The second kappa shape index (κ2) is 7.68. The highest BCUT2D eigenvalue weighted by atomic mass is 15.3. The Balaban J connectivity index is 1.56. The van der Waals surface area contributed by atoms with Crippen LogP contribution in [0.1, 0.15) is 11.1 Å². The maximum Gasteiger partial charge on any atom is 0.193 e. The van der Waals surface area contributed by atoms with Gasteiger partial charge in [0.1, 0.15) is 0 Å². The second-order valence-electron chi connectivity index (χ2n) is 5.93. The third-order valence-electron chi connectivity index (χ3n) is 4.19. The fourth-order valence-corrected chi connectivity index (χ4v) is 2.96. The van der Waals surface area contributed by atoms with E-state index in [9.17, 15) is 0 Å². The number of benzene rings is 2. The van der Waals surface area contributed by atoms with Gasteiger partial charge in [0.15, 0.2) is 5.96 Å². The Bertz CT molecular complexity index is 805. The van der Waals surface area contributed by atoms with Crippen LogP contribution in [0.25, 0.3) is 10.9 Å². The lowest BCUT2D eigenvalue weighted by molar-refractivity contribution is 0.477. The maximum atomic E-state index is 4.39. The number of nitrogens with one attached hydrogen (secondary N) is 2. The van der Waals surface area contributed by atoms with Crippen LogP contribution < -0.4 is 5.32 Å². The van der Waals surface area contributed by atoms with E-state index in [0.29, 0.717) is 0 Å². The molecule has 124 valence electrons. The smallest absolute Gasteiger partial charge is 0.193 e. The van der Waals surface area contributed by atoms with Crippen molar-refractivity contribution in [2.24, 2.45) is 4.99 Å². The van der Waals surface area contributed by atoms with Gasteiger partial charge >= 0.3 is 0 Å². The van der Waals surface area contributed by atoms with Gasteiger partial charge in [-0.15, -0.1) is 0 Å². The molecule has 0 aliphatic rings. The molecule has 3 rings (SSSR count). The van der Waals surface area contributed by atoms with Crippen LogP contribution in [0.4, 0.5) is 0 Å². The van der Waals surface area contributed by atoms with Gasteiger partial charge < -0.3 is 15.2 Å². The topological polar surface area (TPSA) is 43.4 Å². The summed E-state index contributed by atoms with van der Waals surface area (Å²) in [5.74, 6) is 0.915. The number of fused-ring (bicyclic) bond motifs is 1. The number of nitrogens with zero attached hydrogens (tertiary/aromatic N) is 2. The average Bonchev–Trinajstić information content (AvgIpc) is 3.03. The molecule has 0 radical (unpaired) electrons. The van der Waals surface area contributed by atoms with E-state index in [1.807, 2.05) is 13.1 Å². The molecule has 0 aliphatic carbocycles. The molecule has 2 N–H and O–H groups in total. The highest BCUT2D eigenvalue weighted by Gasteiger charge is 2.07. The molecule has 0 bridgehead atoms. The molecule has 0 atom stereocenters. The standard InChI is InChI=1S/C20H24N4/c1-21-20(24(2)15-16-8-4-3-5-9-16)22-13-12-17-14-23-19-11-7-6-10-18(17)19/h3-11,14,23H,12-13,15H2,1-2H3,(H,21,22). The molecule has 0 fully saturated rings. The average molecular weight is 320 g/mol. The third-order valence-corrected chi connectivity index (χ3v) is 4.19. The Labute approximate surface area is 143 Å². The molecule has 0 aliphatic heterocycles. The predicted molar refractivity (Wildman–Crippen MR) is 101 cm³/mol. The number of H-pyrrole nitrogens is 1. The first kappa shape index (κ1) is 16.1. The largest absolute Gasteiger partial charge is 0.361 e. The van der Waals surface area contributed by atoms with E-state index >= 15 is 0 Å². The first-order valence-corrected chi connectivity index (χ1v) is 8.28. The molecule has 4 nitrogen and oxygen atoms in total. The van der Waals surface area contributed by atoms with Gasteiger partial charge in [0.05, 0.1) is 0 Å². The molecule has 3 aromatic rings. The minimum Gasteiger partial charge on any atom is -0.361 e. The molecule has 4 heteroatoms. The Kier molecular flexibility index (Phi) is 5.16. The van der Waals surface area contributed by atoms with Crippen molar-refractivity contribution in [3.8, 4) is 0 Å². The van der Waals surface area contributed by atoms with Crippen molar-refractivity contribution in [3.05, 3.63) is 71.9 Å². The molecule has 1 aromatic heterocycles. The summed E-state index contributed by atoms with van der Waals surface area (Å²) in [5.41, 5.74) is 3.80. The lowest BCUT2D eigenvalue weighted by Gasteiger charge is -2.22. The number of rotatable bonds is 5. The van der Waals surface area contributed by atoms with E-state index in [-0.39, 0.29) is 0 Å². The molecular formula is C20H24N4. The summed E-state index contributed by atoms with van der Waals surface area (Å²) in [6.45, 7) is 1.70. The zero-order valence-corrected chi connectivity index (χ0v) is 14.3. The van der Waals surface area contributed by atoms with Crippen LogP contribution in [0.3, 0.4) is 0 Å². The van der Waals surface area contributed by atoms with Crippen LogP contribution >= 0.6 is 0 Å². The summed E-state index contributed by atoms with van der Waals surface area (Å²) in [6, 6.07) is 18.9. The van der Waals surface area contributed by atoms with Gasteiger partial charge in [-0.3, -0.25) is 4.99 Å². The van der Waals surface area contributed by atoms with Crippen molar-refractivity contribution in [1.29, 1.82) is 0 Å². The summed E-state index contributed by atoms with van der Waals surface area (Å²) in [4.78, 5) is 9.86. The number of guanidine groups is 1. The van der Waals surface area contributed by atoms with Crippen molar-refractivity contribution >= 4 is 16.9 Å². The first-order valence-electron chi connectivity index (χ1n) is 8.28. The zero-order chi connectivity index (χ0) is 16.8. The fourth-order valence-electron chi connectivity index (χ4n) is 2.96. The third kappa shape index (κ3) is 3.77. The van der Waals surface area contributed by atoms with E-state index in [1.54, 1.807) is 0 Å².